The smallest absolute Gasteiger partial charge is 0.423 e. The molecule has 1 heterocycles. The van der Waals surface area contributed by atoms with Gasteiger partial charge in [-0.1, -0.05) is 12.1 Å². The molecule has 0 bridgehead atoms. The van der Waals surface area contributed by atoms with Gasteiger partial charge in [0.15, 0.2) is 0 Å². The molecule has 2 aromatic carbocycles. The molecule has 3 aromatic rings. The van der Waals surface area contributed by atoms with E-state index in [0.29, 0.717) is 16.7 Å². The zero-order valence-corrected chi connectivity index (χ0v) is 13.6. The van der Waals surface area contributed by atoms with Crippen LogP contribution in [0.3, 0.4) is 0 Å². The monoisotopic (exact) mass is 328 g/mol. The Morgan fingerprint density at radius 2 is 1.58 bits per heavy atom. The van der Waals surface area contributed by atoms with E-state index in [1.54, 1.807) is 45.0 Å². The highest BCUT2D eigenvalue weighted by Gasteiger charge is 2.24. The fourth-order valence-electron chi connectivity index (χ4n) is 2.47. The second-order valence-corrected chi connectivity index (χ2v) is 6.40. The molecule has 24 heavy (non-hydrogen) atoms. The Morgan fingerprint density at radius 1 is 1.00 bits per heavy atom. The first-order valence-electron chi connectivity index (χ1n) is 7.50. The minimum absolute atomic E-state index is 0.400. The Hall–Kier alpha value is -2.89. The van der Waals surface area contributed by atoms with Gasteiger partial charge in [-0.3, -0.25) is 4.57 Å². The molecular weight excluding hydrogens is 311 g/mol. The summed E-state index contributed by atoms with van der Waals surface area (Å²) in [6.07, 6.45) is -0.746. The Bertz CT molecular complexity index is 963. The van der Waals surface area contributed by atoms with E-state index in [-0.39, 0.29) is 0 Å². The molecule has 0 N–H and O–H groups in total. The number of rotatable bonds is 1. The maximum Gasteiger partial charge on any atom is 0.423 e. The Morgan fingerprint density at radius 3 is 2.17 bits per heavy atom. The van der Waals surface area contributed by atoms with Crippen LogP contribution in [0, 0.1) is 5.82 Å². The van der Waals surface area contributed by atoms with Crippen LogP contribution in [0.2, 0.25) is 0 Å². The molecule has 6 heteroatoms. The summed E-state index contributed by atoms with van der Waals surface area (Å²) in [5.41, 5.74) is 0.160. The second kappa shape index (κ2) is 5.63. The van der Waals surface area contributed by atoms with Crippen molar-refractivity contribution in [2.75, 3.05) is 0 Å². The van der Waals surface area contributed by atoms with Gasteiger partial charge in [0.25, 0.3) is 0 Å². The molecule has 0 atom stereocenters. The molecule has 3 rings (SSSR count). The van der Waals surface area contributed by atoms with Gasteiger partial charge < -0.3 is 4.74 Å². The predicted octanol–water partition coefficient (Wildman–Crippen LogP) is 3.71. The number of halogens is 1. The van der Waals surface area contributed by atoms with Crippen LogP contribution in [0.5, 0.6) is 0 Å². The van der Waals surface area contributed by atoms with Gasteiger partial charge >= 0.3 is 11.8 Å². The third-order valence-electron chi connectivity index (χ3n) is 3.41. The number of benzene rings is 2. The molecule has 0 spiro atoms. The number of hydrogen-bond donors (Lipinski definition) is 0. The van der Waals surface area contributed by atoms with Crippen LogP contribution in [-0.4, -0.2) is 20.8 Å². The van der Waals surface area contributed by atoms with Crippen molar-refractivity contribution in [3.05, 3.63) is 64.8 Å². The summed E-state index contributed by atoms with van der Waals surface area (Å²) >= 11 is 0. The molecular formula is C18H17FN2O3. The van der Waals surface area contributed by atoms with Gasteiger partial charge in [0.2, 0.25) is 0 Å². The molecule has 0 aliphatic rings. The van der Waals surface area contributed by atoms with E-state index in [1.165, 1.54) is 28.8 Å². The largest absolute Gasteiger partial charge is 0.443 e. The lowest BCUT2D eigenvalue weighted by Crippen LogP contribution is -2.34. The summed E-state index contributed by atoms with van der Waals surface area (Å²) in [5, 5.41) is 0. The minimum atomic E-state index is -0.746. The number of nitrogens with zero attached hydrogens (tertiary/aromatic N) is 2. The maximum atomic E-state index is 13.2. The highest BCUT2D eigenvalue weighted by Crippen LogP contribution is 2.19. The summed E-state index contributed by atoms with van der Waals surface area (Å²) < 4.78 is 20.9. The van der Waals surface area contributed by atoms with Crippen molar-refractivity contribution >= 4 is 17.1 Å². The summed E-state index contributed by atoms with van der Waals surface area (Å²) in [6.45, 7) is 5.19. The summed E-state index contributed by atoms with van der Waals surface area (Å²) in [6, 6.07) is 12.4. The first-order chi connectivity index (χ1) is 11.3. The van der Waals surface area contributed by atoms with Crippen molar-refractivity contribution in [3.8, 4) is 5.69 Å². The number of imidazole rings is 1. The van der Waals surface area contributed by atoms with E-state index in [2.05, 4.69) is 0 Å². The lowest BCUT2D eigenvalue weighted by atomic mass is 10.2. The van der Waals surface area contributed by atoms with Gasteiger partial charge in [0.1, 0.15) is 11.4 Å². The van der Waals surface area contributed by atoms with Crippen molar-refractivity contribution in [1.29, 1.82) is 0 Å². The molecule has 124 valence electrons. The van der Waals surface area contributed by atoms with Crippen molar-refractivity contribution in [1.82, 2.24) is 9.13 Å². The zero-order valence-electron chi connectivity index (χ0n) is 13.6. The lowest BCUT2D eigenvalue weighted by molar-refractivity contribution is 0.0538. The zero-order chi connectivity index (χ0) is 17.5. The topological polar surface area (TPSA) is 53.2 Å². The van der Waals surface area contributed by atoms with Gasteiger partial charge in [-0.25, -0.2) is 14.0 Å². The van der Waals surface area contributed by atoms with E-state index in [9.17, 15) is 14.0 Å². The molecule has 1 aromatic heterocycles. The van der Waals surface area contributed by atoms with Crippen molar-refractivity contribution in [2.24, 2.45) is 0 Å². The van der Waals surface area contributed by atoms with Crippen molar-refractivity contribution < 1.29 is 13.9 Å². The molecule has 5 nitrogen and oxygen atoms in total. The van der Waals surface area contributed by atoms with E-state index < -0.39 is 23.2 Å². The van der Waals surface area contributed by atoms with E-state index in [0.717, 1.165) is 4.57 Å². The molecule has 0 aliphatic carbocycles. The summed E-state index contributed by atoms with van der Waals surface area (Å²) in [5.74, 6) is -0.400. The standard InChI is InChI=1S/C18H17FN2O3/c1-18(2,3)24-17(23)21-15-7-5-4-6-14(15)20(16(21)22)13-10-8-12(19)9-11-13/h4-11H,1-3H3. The normalized spacial score (nSPS) is 11.7. The van der Waals surface area contributed by atoms with E-state index in [1.807, 2.05) is 0 Å². The first kappa shape index (κ1) is 16.0. The highest BCUT2D eigenvalue weighted by molar-refractivity contribution is 5.88. The molecule has 0 aliphatic heterocycles. The molecule has 0 radical (unpaired) electrons. The average Bonchev–Trinajstić information content (AvgIpc) is 2.78. The second-order valence-electron chi connectivity index (χ2n) is 6.40. The predicted molar refractivity (Wildman–Crippen MR) is 89.1 cm³/mol. The van der Waals surface area contributed by atoms with Gasteiger partial charge in [0, 0.05) is 0 Å². The number of hydrogen-bond acceptors (Lipinski definition) is 3. The van der Waals surface area contributed by atoms with Crippen molar-refractivity contribution in [3.63, 3.8) is 0 Å². The number of carbonyl (C=O) groups excluding carboxylic acids is 1. The fraction of sp³-hybridized carbons (Fsp3) is 0.222. The first-order valence-corrected chi connectivity index (χ1v) is 7.50. The van der Waals surface area contributed by atoms with Crippen LogP contribution in [0.25, 0.3) is 16.7 Å². The molecule has 0 saturated heterocycles. The van der Waals surface area contributed by atoms with Crippen LogP contribution < -0.4 is 5.69 Å². The third-order valence-corrected chi connectivity index (χ3v) is 3.41. The summed E-state index contributed by atoms with van der Waals surface area (Å²) in [7, 11) is 0. The molecule has 0 amide bonds. The van der Waals surface area contributed by atoms with Crippen molar-refractivity contribution in [2.45, 2.75) is 26.4 Å². The SMILES string of the molecule is CC(C)(C)OC(=O)n1c(=O)n(-c2ccc(F)cc2)c2ccccc21. The highest BCUT2D eigenvalue weighted by atomic mass is 19.1. The van der Waals surface area contributed by atoms with Crippen LogP contribution in [-0.2, 0) is 4.74 Å². The number of fused-ring (bicyclic) bond motifs is 1. The van der Waals surface area contributed by atoms with Crippen LogP contribution in [0.4, 0.5) is 9.18 Å². The van der Waals surface area contributed by atoms with Gasteiger partial charge in [0.05, 0.1) is 16.7 Å². The Labute approximate surface area is 137 Å². The lowest BCUT2D eigenvalue weighted by Gasteiger charge is -2.19. The van der Waals surface area contributed by atoms with E-state index >= 15 is 0 Å². The van der Waals surface area contributed by atoms with Gasteiger partial charge in [-0.05, 0) is 57.2 Å². The number of para-hydroxylation sites is 2. The van der Waals surface area contributed by atoms with Crippen LogP contribution in [0.15, 0.2) is 53.3 Å². The van der Waals surface area contributed by atoms with Crippen LogP contribution in [0.1, 0.15) is 20.8 Å². The third kappa shape index (κ3) is 2.82. The van der Waals surface area contributed by atoms with Gasteiger partial charge in [-0.15, -0.1) is 0 Å². The quantitative estimate of drug-likeness (QED) is 0.684. The number of ether oxygens (including phenoxy) is 1. The maximum absolute atomic E-state index is 13.2. The number of carbonyl (C=O) groups is 1. The summed E-state index contributed by atoms with van der Waals surface area (Å²) in [4.78, 5) is 25.3. The molecule has 0 unspecified atom stereocenters. The number of aromatic nitrogens is 2. The van der Waals surface area contributed by atoms with E-state index in [4.69, 9.17) is 4.74 Å². The average molecular weight is 328 g/mol. The van der Waals surface area contributed by atoms with Crippen LogP contribution >= 0.6 is 0 Å². The fourth-order valence-corrected chi connectivity index (χ4v) is 2.47. The Kier molecular flexibility index (Phi) is 3.75. The molecule has 0 saturated carbocycles. The Balaban J connectivity index is 2.25. The minimum Gasteiger partial charge on any atom is -0.443 e. The molecule has 0 fully saturated rings. The van der Waals surface area contributed by atoms with Gasteiger partial charge in [-0.2, -0.15) is 4.57 Å².